The van der Waals surface area contributed by atoms with Crippen LogP contribution in [0.5, 0.6) is 0 Å². The van der Waals surface area contributed by atoms with Gasteiger partial charge < -0.3 is 4.90 Å². The molecule has 0 saturated carbocycles. The standard InChI is InChI=1S/C10H13F3N2O3S2/c1-15(5-4-10(11,12)13)8(16)6-7-2-3-9(19-7)20(14,17)18/h2-3H,4-6H2,1H3,(H2,14,17,18). The Hall–Kier alpha value is -1.13. The Balaban J connectivity index is 2.60. The first-order chi connectivity index (χ1) is 8.99. The topological polar surface area (TPSA) is 80.5 Å². The molecular weight excluding hydrogens is 317 g/mol. The van der Waals surface area contributed by atoms with Crippen LogP contribution in [0.2, 0.25) is 0 Å². The highest BCUT2D eigenvalue weighted by Crippen LogP contribution is 2.22. The minimum Gasteiger partial charge on any atom is -0.345 e. The zero-order chi connectivity index (χ0) is 15.6. The zero-order valence-corrected chi connectivity index (χ0v) is 12.1. The number of likely N-dealkylation sites (N-methyl/N-ethyl adjacent to an activating group) is 1. The number of sulfonamides is 1. The van der Waals surface area contributed by atoms with Gasteiger partial charge in [0.1, 0.15) is 4.21 Å². The van der Waals surface area contributed by atoms with Crippen molar-refractivity contribution in [3.05, 3.63) is 17.0 Å². The van der Waals surface area contributed by atoms with Gasteiger partial charge in [-0.15, -0.1) is 11.3 Å². The molecule has 5 nitrogen and oxygen atoms in total. The smallest absolute Gasteiger partial charge is 0.345 e. The van der Waals surface area contributed by atoms with Crippen molar-refractivity contribution in [2.75, 3.05) is 13.6 Å². The molecule has 0 spiro atoms. The Morgan fingerprint density at radius 3 is 2.45 bits per heavy atom. The van der Waals surface area contributed by atoms with Crippen LogP contribution in [-0.4, -0.2) is 39.0 Å². The molecule has 1 rings (SSSR count). The maximum Gasteiger partial charge on any atom is 0.390 e. The van der Waals surface area contributed by atoms with E-state index in [2.05, 4.69) is 0 Å². The van der Waals surface area contributed by atoms with Gasteiger partial charge in [0, 0.05) is 18.5 Å². The number of nitrogens with zero attached hydrogens (tertiary/aromatic N) is 1. The van der Waals surface area contributed by atoms with Gasteiger partial charge in [0.25, 0.3) is 0 Å². The van der Waals surface area contributed by atoms with Gasteiger partial charge in [0.2, 0.25) is 15.9 Å². The molecule has 0 aliphatic heterocycles. The van der Waals surface area contributed by atoms with Gasteiger partial charge in [-0.2, -0.15) is 13.2 Å². The molecule has 0 saturated heterocycles. The van der Waals surface area contributed by atoms with Crippen LogP contribution in [0.3, 0.4) is 0 Å². The summed E-state index contributed by atoms with van der Waals surface area (Å²) < 4.78 is 58.1. The van der Waals surface area contributed by atoms with E-state index < -0.39 is 35.1 Å². The summed E-state index contributed by atoms with van der Waals surface area (Å²) >= 11 is 0.827. The first kappa shape index (κ1) is 16.9. The predicted octanol–water partition coefficient (Wildman–Crippen LogP) is 1.35. The van der Waals surface area contributed by atoms with E-state index in [0.717, 1.165) is 16.2 Å². The Kier molecular flexibility index (Phi) is 5.16. The third-order valence-electron chi connectivity index (χ3n) is 2.40. The summed E-state index contributed by atoms with van der Waals surface area (Å²) in [4.78, 5) is 13.1. The monoisotopic (exact) mass is 330 g/mol. The molecule has 114 valence electrons. The van der Waals surface area contributed by atoms with Crippen molar-refractivity contribution in [1.82, 2.24) is 4.90 Å². The van der Waals surface area contributed by atoms with Crippen LogP contribution in [0.15, 0.2) is 16.3 Å². The number of rotatable bonds is 5. The van der Waals surface area contributed by atoms with Gasteiger partial charge in [-0.1, -0.05) is 0 Å². The maximum absolute atomic E-state index is 12.0. The number of halogens is 3. The largest absolute Gasteiger partial charge is 0.390 e. The van der Waals surface area contributed by atoms with Crippen LogP contribution in [-0.2, 0) is 21.2 Å². The Morgan fingerprint density at radius 1 is 1.40 bits per heavy atom. The summed E-state index contributed by atoms with van der Waals surface area (Å²) in [5, 5.41) is 4.92. The lowest BCUT2D eigenvalue weighted by Gasteiger charge is -2.17. The number of hydrogen-bond acceptors (Lipinski definition) is 4. The molecule has 0 radical (unpaired) electrons. The highest BCUT2D eigenvalue weighted by atomic mass is 32.2. The van der Waals surface area contributed by atoms with Crippen molar-refractivity contribution >= 4 is 27.3 Å². The van der Waals surface area contributed by atoms with E-state index >= 15 is 0 Å². The van der Waals surface area contributed by atoms with Crippen molar-refractivity contribution in [2.45, 2.75) is 23.2 Å². The second-order valence-electron chi connectivity index (χ2n) is 4.12. The molecule has 1 aromatic rings. The number of carbonyl (C=O) groups excluding carboxylic acids is 1. The van der Waals surface area contributed by atoms with Gasteiger partial charge in [0.05, 0.1) is 12.8 Å². The van der Waals surface area contributed by atoms with Crippen LogP contribution in [0.4, 0.5) is 13.2 Å². The van der Waals surface area contributed by atoms with Gasteiger partial charge in [-0.3, -0.25) is 4.79 Å². The predicted molar refractivity (Wildman–Crippen MR) is 67.7 cm³/mol. The lowest BCUT2D eigenvalue weighted by molar-refractivity contribution is -0.143. The average molecular weight is 330 g/mol. The molecule has 0 bridgehead atoms. The third-order valence-corrected chi connectivity index (χ3v) is 4.92. The molecule has 2 N–H and O–H groups in total. The van der Waals surface area contributed by atoms with E-state index in [1.807, 2.05) is 0 Å². The summed E-state index contributed by atoms with van der Waals surface area (Å²) in [5.41, 5.74) is 0. The van der Waals surface area contributed by atoms with Crippen LogP contribution >= 0.6 is 11.3 Å². The SMILES string of the molecule is CN(CCC(F)(F)F)C(=O)Cc1ccc(S(N)(=O)=O)s1. The second-order valence-corrected chi connectivity index (χ2v) is 7.08. The van der Waals surface area contributed by atoms with Crippen molar-refractivity contribution < 1.29 is 26.4 Å². The minimum atomic E-state index is -4.32. The molecule has 1 aromatic heterocycles. The molecule has 0 fully saturated rings. The van der Waals surface area contributed by atoms with Crippen molar-refractivity contribution in [3.8, 4) is 0 Å². The number of amides is 1. The molecule has 0 atom stereocenters. The number of nitrogens with two attached hydrogens (primary N) is 1. The number of thiophene rings is 1. The maximum atomic E-state index is 12.0. The lowest BCUT2D eigenvalue weighted by atomic mass is 10.3. The first-order valence-electron chi connectivity index (χ1n) is 5.41. The van der Waals surface area contributed by atoms with E-state index in [4.69, 9.17) is 5.14 Å². The summed E-state index contributed by atoms with van der Waals surface area (Å²) in [7, 11) is -2.56. The second kappa shape index (κ2) is 6.10. The van der Waals surface area contributed by atoms with Crippen molar-refractivity contribution in [1.29, 1.82) is 0 Å². The molecular formula is C10H13F3N2O3S2. The van der Waals surface area contributed by atoms with E-state index in [-0.39, 0.29) is 10.6 Å². The van der Waals surface area contributed by atoms with Crippen LogP contribution in [0, 0.1) is 0 Å². The normalized spacial score (nSPS) is 12.4. The van der Waals surface area contributed by atoms with Crippen LogP contribution in [0.25, 0.3) is 0 Å². The molecule has 1 heterocycles. The van der Waals surface area contributed by atoms with Gasteiger partial charge in [-0.05, 0) is 12.1 Å². The molecule has 0 aliphatic rings. The number of alkyl halides is 3. The number of carbonyl (C=O) groups is 1. The van der Waals surface area contributed by atoms with Gasteiger partial charge in [0.15, 0.2) is 0 Å². The van der Waals surface area contributed by atoms with E-state index in [0.29, 0.717) is 4.88 Å². The summed E-state index contributed by atoms with van der Waals surface area (Å²) in [6.45, 7) is -0.435. The summed E-state index contributed by atoms with van der Waals surface area (Å²) in [5.74, 6) is -0.517. The number of hydrogen-bond donors (Lipinski definition) is 1. The zero-order valence-electron chi connectivity index (χ0n) is 10.5. The Labute approximate surface area is 118 Å². The van der Waals surface area contributed by atoms with Crippen LogP contribution < -0.4 is 5.14 Å². The van der Waals surface area contributed by atoms with Crippen LogP contribution in [0.1, 0.15) is 11.3 Å². The highest BCUT2D eigenvalue weighted by molar-refractivity contribution is 7.91. The Bertz CT molecular complexity index is 581. The van der Waals surface area contributed by atoms with E-state index in [1.165, 1.54) is 19.2 Å². The van der Waals surface area contributed by atoms with Gasteiger partial charge in [-0.25, -0.2) is 13.6 Å². The number of primary sulfonamides is 1. The highest BCUT2D eigenvalue weighted by Gasteiger charge is 2.28. The third kappa shape index (κ3) is 5.47. The molecule has 0 aromatic carbocycles. The first-order valence-corrected chi connectivity index (χ1v) is 7.77. The van der Waals surface area contributed by atoms with E-state index in [9.17, 15) is 26.4 Å². The van der Waals surface area contributed by atoms with Crippen molar-refractivity contribution in [3.63, 3.8) is 0 Å². The lowest BCUT2D eigenvalue weighted by Crippen LogP contribution is -2.31. The molecule has 20 heavy (non-hydrogen) atoms. The minimum absolute atomic E-state index is 0.0850. The van der Waals surface area contributed by atoms with E-state index in [1.54, 1.807) is 0 Å². The fraction of sp³-hybridized carbons (Fsp3) is 0.500. The molecule has 0 aliphatic carbocycles. The fourth-order valence-electron chi connectivity index (χ4n) is 1.31. The molecule has 10 heteroatoms. The average Bonchev–Trinajstić information content (AvgIpc) is 2.72. The van der Waals surface area contributed by atoms with Gasteiger partial charge >= 0.3 is 6.18 Å². The Morgan fingerprint density at radius 2 is 2.00 bits per heavy atom. The fourth-order valence-corrected chi connectivity index (χ4v) is 3.08. The summed E-state index contributed by atoms with van der Waals surface area (Å²) in [6, 6.07) is 2.68. The summed E-state index contributed by atoms with van der Waals surface area (Å²) in [6.07, 6.45) is -5.56. The molecule has 0 unspecified atom stereocenters. The quantitative estimate of drug-likeness (QED) is 0.885. The van der Waals surface area contributed by atoms with Crippen molar-refractivity contribution in [2.24, 2.45) is 5.14 Å². The molecule has 1 amide bonds.